The van der Waals surface area contributed by atoms with Crippen LogP contribution < -0.4 is 9.60 Å². The van der Waals surface area contributed by atoms with Crippen LogP contribution >= 0.6 is 11.3 Å². The van der Waals surface area contributed by atoms with Crippen molar-refractivity contribution in [2.75, 3.05) is 4.72 Å². The van der Waals surface area contributed by atoms with Gasteiger partial charge in [0, 0.05) is 5.69 Å². The van der Waals surface area contributed by atoms with Gasteiger partial charge in [-0.3, -0.25) is 9.52 Å². The molecule has 0 unspecified atom stereocenters. The molecule has 2 aromatic heterocycles. The third-order valence-electron chi connectivity index (χ3n) is 2.88. The summed E-state index contributed by atoms with van der Waals surface area (Å²) in [5, 5.41) is 0. The minimum Gasteiger partial charge on any atom is -0.342 e. The van der Waals surface area contributed by atoms with E-state index >= 15 is 0 Å². The summed E-state index contributed by atoms with van der Waals surface area (Å²) in [6.07, 6.45) is 0. The second kappa shape index (κ2) is 4.71. The minimum absolute atomic E-state index is 0.00612. The number of hydrogen-bond acceptors (Lipinski definition) is 5. The molecule has 0 saturated carbocycles. The molecule has 21 heavy (non-hydrogen) atoms. The smallest absolute Gasteiger partial charge is 0.306 e. The lowest BCUT2D eigenvalue weighted by atomic mass is 10.3. The van der Waals surface area contributed by atoms with Crippen LogP contribution in [-0.2, 0) is 10.0 Å². The van der Waals surface area contributed by atoms with Gasteiger partial charge in [0.15, 0.2) is 4.21 Å². The van der Waals surface area contributed by atoms with Crippen molar-refractivity contribution >= 4 is 38.1 Å². The van der Waals surface area contributed by atoms with E-state index in [1.807, 2.05) is 6.92 Å². The summed E-state index contributed by atoms with van der Waals surface area (Å²) in [5.41, 5.74) is 2.24. The molecule has 0 saturated heterocycles. The highest BCUT2D eigenvalue weighted by atomic mass is 32.2. The molecule has 0 amide bonds. The molecule has 1 aromatic carbocycles. The SMILES string of the molecule is Cc1nc2ccc(NS(=O)(=O)c3sc(=O)[nH]c3C)cc2[nH]1. The van der Waals surface area contributed by atoms with Crippen molar-refractivity contribution in [2.24, 2.45) is 0 Å². The van der Waals surface area contributed by atoms with Gasteiger partial charge in [-0.25, -0.2) is 13.4 Å². The van der Waals surface area contributed by atoms with Crippen molar-refractivity contribution < 1.29 is 8.42 Å². The minimum atomic E-state index is -3.78. The predicted octanol–water partition coefficient (Wildman–Crippen LogP) is 1.73. The first kappa shape index (κ1) is 13.8. The van der Waals surface area contributed by atoms with Crippen LogP contribution in [0.5, 0.6) is 0 Å². The number of rotatable bonds is 3. The number of nitrogens with one attached hydrogen (secondary N) is 3. The Kier molecular flexibility index (Phi) is 3.10. The number of nitrogens with zero attached hydrogens (tertiary/aromatic N) is 1. The van der Waals surface area contributed by atoms with Crippen molar-refractivity contribution in [3.63, 3.8) is 0 Å². The van der Waals surface area contributed by atoms with Gasteiger partial charge >= 0.3 is 4.87 Å². The largest absolute Gasteiger partial charge is 0.342 e. The molecule has 3 rings (SSSR count). The Bertz CT molecular complexity index is 982. The van der Waals surface area contributed by atoms with E-state index in [0.717, 1.165) is 16.9 Å². The summed E-state index contributed by atoms with van der Waals surface area (Å²) < 4.78 is 27.0. The Balaban J connectivity index is 2.00. The fourth-order valence-electron chi connectivity index (χ4n) is 2.05. The van der Waals surface area contributed by atoms with Crippen LogP contribution in [0.3, 0.4) is 0 Å². The lowest BCUT2D eigenvalue weighted by molar-refractivity contribution is 0.602. The first-order chi connectivity index (χ1) is 9.85. The average molecular weight is 324 g/mol. The number of thiazole rings is 1. The van der Waals surface area contributed by atoms with Gasteiger partial charge in [0.05, 0.1) is 16.7 Å². The van der Waals surface area contributed by atoms with Crippen LogP contribution in [0.1, 0.15) is 11.5 Å². The second-order valence-electron chi connectivity index (χ2n) is 4.59. The van der Waals surface area contributed by atoms with Crippen molar-refractivity contribution in [1.82, 2.24) is 15.0 Å². The Hall–Kier alpha value is -2.13. The fourth-order valence-corrected chi connectivity index (χ4v) is 4.40. The summed E-state index contributed by atoms with van der Waals surface area (Å²) in [6, 6.07) is 5.02. The van der Waals surface area contributed by atoms with E-state index in [9.17, 15) is 13.2 Å². The zero-order valence-electron chi connectivity index (χ0n) is 11.2. The van der Waals surface area contributed by atoms with Gasteiger partial charge in [0.25, 0.3) is 10.0 Å². The summed E-state index contributed by atoms with van der Waals surface area (Å²) in [4.78, 5) is 20.6. The molecule has 0 fully saturated rings. The van der Waals surface area contributed by atoms with Crippen molar-refractivity contribution in [3.05, 3.63) is 39.4 Å². The maximum Gasteiger partial charge on any atom is 0.306 e. The first-order valence-corrected chi connectivity index (χ1v) is 8.34. The number of aromatic nitrogens is 3. The zero-order chi connectivity index (χ0) is 15.2. The zero-order valence-corrected chi connectivity index (χ0v) is 12.9. The molecule has 110 valence electrons. The predicted molar refractivity (Wildman–Crippen MR) is 81.3 cm³/mol. The van der Waals surface area contributed by atoms with Gasteiger partial charge < -0.3 is 9.97 Å². The van der Waals surface area contributed by atoms with Gasteiger partial charge in [-0.15, -0.1) is 0 Å². The quantitative estimate of drug-likeness (QED) is 0.682. The maximum atomic E-state index is 12.3. The number of imidazole rings is 1. The lowest BCUT2D eigenvalue weighted by Crippen LogP contribution is -2.12. The molecule has 0 radical (unpaired) electrons. The van der Waals surface area contributed by atoms with Crippen LogP contribution in [0, 0.1) is 13.8 Å². The molecule has 3 aromatic rings. The Labute approximate surface area is 124 Å². The van der Waals surface area contributed by atoms with Crippen molar-refractivity contribution in [3.8, 4) is 0 Å². The molecule has 0 aliphatic rings. The van der Waals surface area contributed by atoms with E-state index in [-0.39, 0.29) is 4.21 Å². The third-order valence-corrected chi connectivity index (χ3v) is 5.86. The summed E-state index contributed by atoms with van der Waals surface area (Å²) in [5.74, 6) is 0.754. The highest BCUT2D eigenvalue weighted by molar-refractivity contribution is 7.94. The monoisotopic (exact) mass is 324 g/mol. The van der Waals surface area contributed by atoms with Gasteiger partial charge in [-0.2, -0.15) is 0 Å². The van der Waals surface area contributed by atoms with Gasteiger partial charge in [0.2, 0.25) is 0 Å². The van der Waals surface area contributed by atoms with E-state index in [2.05, 4.69) is 19.7 Å². The molecule has 0 aliphatic carbocycles. The van der Waals surface area contributed by atoms with Crippen LogP contribution in [0.25, 0.3) is 11.0 Å². The number of hydrogen-bond donors (Lipinski definition) is 3. The van der Waals surface area contributed by atoms with E-state index in [1.165, 1.54) is 0 Å². The molecule has 2 heterocycles. The number of anilines is 1. The average Bonchev–Trinajstić information content (AvgIpc) is 2.90. The molecular weight excluding hydrogens is 312 g/mol. The Morgan fingerprint density at radius 3 is 2.67 bits per heavy atom. The van der Waals surface area contributed by atoms with Crippen LogP contribution in [0.2, 0.25) is 0 Å². The molecule has 0 atom stereocenters. The highest BCUT2D eigenvalue weighted by Gasteiger charge is 2.20. The van der Waals surface area contributed by atoms with Gasteiger partial charge in [-0.1, -0.05) is 11.3 Å². The lowest BCUT2D eigenvalue weighted by Gasteiger charge is -2.06. The number of H-pyrrole nitrogens is 2. The van der Waals surface area contributed by atoms with Crippen LogP contribution in [0.15, 0.2) is 27.2 Å². The molecule has 0 aliphatic heterocycles. The van der Waals surface area contributed by atoms with Gasteiger partial charge in [0.1, 0.15) is 5.82 Å². The summed E-state index contributed by atoms with van der Waals surface area (Å²) >= 11 is 0.667. The van der Waals surface area contributed by atoms with E-state index in [4.69, 9.17) is 0 Å². The van der Waals surface area contributed by atoms with E-state index in [1.54, 1.807) is 25.1 Å². The molecule has 9 heteroatoms. The number of aromatic amines is 2. The fraction of sp³-hybridized carbons (Fsp3) is 0.167. The molecule has 3 N–H and O–H groups in total. The van der Waals surface area contributed by atoms with E-state index < -0.39 is 14.9 Å². The second-order valence-corrected chi connectivity index (χ2v) is 7.45. The van der Waals surface area contributed by atoms with Crippen LogP contribution in [0.4, 0.5) is 5.69 Å². The molecular formula is C12H12N4O3S2. The van der Waals surface area contributed by atoms with Crippen molar-refractivity contribution in [1.29, 1.82) is 0 Å². The standard InChI is InChI=1S/C12H12N4O3S2/c1-6-11(20-12(17)13-6)21(18,19)16-8-3-4-9-10(5-8)15-7(2)14-9/h3-5,16H,1-2H3,(H,13,17)(H,14,15). The number of aryl methyl sites for hydroxylation is 2. The third kappa shape index (κ3) is 2.57. The summed E-state index contributed by atoms with van der Waals surface area (Å²) in [6.45, 7) is 3.37. The number of benzene rings is 1. The number of sulfonamides is 1. The summed E-state index contributed by atoms with van der Waals surface area (Å²) in [7, 11) is -3.78. The van der Waals surface area contributed by atoms with Gasteiger partial charge in [-0.05, 0) is 32.0 Å². The maximum absolute atomic E-state index is 12.3. The normalized spacial score (nSPS) is 11.9. The molecule has 7 nitrogen and oxygen atoms in total. The first-order valence-electron chi connectivity index (χ1n) is 6.04. The molecule has 0 bridgehead atoms. The Morgan fingerprint density at radius 2 is 2.00 bits per heavy atom. The number of fused-ring (bicyclic) bond motifs is 1. The molecule has 0 spiro atoms. The van der Waals surface area contributed by atoms with Crippen LogP contribution in [-0.4, -0.2) is 23.4 Å². The topological polar surface area (TPSA) is 108 Å². The van der Waals surface area contributed by atoms with Crippen molar-refractivity contribution in [2.45, 2.75) is 18.1 Å². The highest BCUT2D eigenvalue weighted by Crippen LogP contribution is 2.22. The van der Waals surface area contributed by atoms with E-state index in [0.29, 0.717) is 22.7 Å². The Morgan fingerprint density at radius 1 is 1.24 bits per heavy atom.